The van der Waals surface area contributed by atoms with E-state index in [2.05, 4.69) is 24.1 Å². The predicted molar refractivity (Wildman–Crippen MR) is 72.5 cm³/mol. The fraction of sp³-hybridized carbons (Fsp3) is 0.923. The highest BCUT2D eigenvalue weighted by atomic mass is 16.2. The monoisotopic (exact) mass is 254 g/mol. The van der Waals surface area contributed by atoms with E-state index in [1.807, 2.05) is 4.90 Å². The van der Waals surface area contributed by atoms with E-state index in [9.17, 15) is 4.79 Å². The number of carbonyl (C=O) groups excluding carboxylic acids is 1. The Morgan fingerprint density at radius 2 is 1.89 bits per heavy atom. The van der Waals surface area contributed by atoms with E-state index >= 15 is 0 Å². The molecule has 1 aliphatic carbocycles. The maximum Gasteiger partial charge on any atom is 0.317 e. The Balaban J connectivity index is 1.77. The van der Waals surface area contributed by atoms with Gasteiger partial charge in [0.1, 0.15) is 0 Å². The van der Waals surface area contributed by atoms with Crippen LogP contribution in [0, 0.1) is 0 Å². The molecule has 1 saturated carbocycles. The van der Waals surface area contributed by atoms with Crippen molar-refractivity contribution in [2.45, 2.75) is 44.7 Å². The molecule has 3 N–H and O–H groups in total. The number of hydrogen-bond acceptors (Lipinski definition) is 3. The first-order valence-corrected chi connectivity index (χ1v) is 7.03. The van der Waals surface area contributed by atoms with Crippen molar-refractivity contribution in [1.82, 2.24) is 15.1 Å². The van der Waals surface area contributed by atoms with E-state index in [1.165, 1.54) is 6.42 Å². The molecule has 5 nitrogen and oxygen atoms in total. The molecule has 0 unspecified atom stereocenters. The molecule has 0 radical (unpaired) electrons. The van der Waals surface area contributed by atoms with Crippen molar-refractivity contribution in [3.8, 4) is 0 Å². The van der Waals surface area contributed by atoms with Crippen molar-refractivity contribution >= 4 is 6.03 Å². The first kappa shape index (κ1) is 13.6. The Morgan fingerprint density at radius 3 is 2.33 bits per heavy atom. The summed E-state index contributed by atoms with van der Waals surface area (Å²) in [6.45, 7) is 8.43. The lowest BCUT2D eigenvalue weighted by atomic mass is 9.93. The van der Waals surface area contributed by atoms with Crippen LogP contribution in [-0.2, 0) is 0 Å². The van der Waals surface area contributed by atoms with Crippen LogP contribution < -0.4 is 11.1 Å². The minimum absolute atomic E-state index is 0.0382. The molecule has 2 aliphatic rings. The van der Waals surface area contributed by atoms with Crippen LogP contribution in [0.15, 0.2) is 0 Å². The van der Waals surface area contributed by atoms with Gasteiger partial charge in [-0.2, -0.15) is 0 Å². The van der Waals surface area contributed by atoms with E-state index in [0.717, 1.165) is 39.0 Å². The van der Waals surface area contributed by atoms with Crippen LogP contribution >= 0.6 is 0 Å². The molecular formula is C13H26N4O. The van der Waals surface area contributed by atoms with Crippen LogP contribution in [0.2, 0.25) is 0 Å². The van der Waals surface area contributed by atoms with E-state index < -0.39 is 0 Å². The van der Waals surface area contributed by atoms with Crippen molar-refractivity contribution in [3.63, 3.8) is 0 Å². The summed E-state index contributed by atoms with van der Waals surface area (Å²) in [6.07, 6.45) is 3.54. The number of hydrogen-bond donors (Lipinski definition) is 2. The Hall–Kier alpha value is -0.810. The van der Waals surface area contributed by atoms with E-state index in [1.54, 1.807) is 0 Å². The van der Waals surface area contributed by atoms with E-state index in [4.69, 9.17) is 5.73 Å². The van der Waals surface area contributed by atoms with Crippen molar-refractivity contribution in [2.75, 3.05) is 32.7 Å². The summed E-state index contributed by atoms with van der Waals surface area (Å²) in [4.78, 5) is 16.3. The van der Waals surface area contributed by atoms with Crippen molar-refractivity contribution in [3.05, 3.63) is 0 Å². The third-order valence-electron chi connectivity index (χ3n) is 4.36. The predicted octanol–water partition coefficient (Wildman–Crippen LogP) is 0.603. The van der Waals surface area contributed by atoms with Crippen LogP contribution in [0.3, 0.4) is 0 Å². The zero-order chi connectivity index (χ0) is 13.2. The quantitative estimate of drug-likeness (QED) is 0.775. The van der Waals surface area contributed by atoms with Crippen LogP contribution in [-0.4, -0.2) is 60.1 Å². The van der Waals surface area contributed by atoms with Crippen LogP contribution in [0.5, 0.6) is 0 Å². The lowest BCUT2D eigenvalue weighted by Gasteiger charge is -2.44. The van der Waals surface area contributed by atoms with Gasteiger partial charge in [0, 0.05) is 44.3 Å². The van der Waals surface area contributed by atoms with Crippen molar-refractivity contribution in [1.29, 1.82) is 0 Å². The third kappa shape index (κ3) is 2.95. The SMILES string of the molecule is CC(C)(CN)N1CCN(C(=O)NC2CCC2)CC1. The number of nitrogens with one attached hydrogen (secondary N) is 1. The second kappa shape index (κ2) is 5.45. The minimum atomic E-state index is 0.0382. The Kier molecular flexibility index (Phi) is 4.12. The number of rotatable bonds is 3. The molecule has 1 heterocycles. The Bertz CT molecular complexity index is 293. The molecule has 0 aromatic carbocycles. The summed E-state index contributed by atoms with van der Waals surface area (Å²) in [7, 11) is 0. The third-order valence-corrected chi connectivity index (χ3v) is 4.36. The molecule has 5 heteroatoms. The molecule has 2 fully saturated rings. The van der Waals surface area contributed by atoms with Gasteiger partial charge in [-0.1, -0.05) is 0 Å². The maximum absolute atomic E-state index is 12.0. The normalized spacial score (nSPS) is 22.7. The lowest BCUT2D eigenvalue weighted by molar-refractivity contribution is 0.0672. The largest absolute Gasteiger partial charge is 0.335 e. The van der Waals surface area contributed by atoms with Gasteiger partial charge in [-0.15, -0.1) is 0 Å². The van der Waals surface area contributed by atoms with Gasteiger partial charge in [0.05, 0.1) is 0 Å². The average Bonchev–Trinajstić information content (AvgIpc) is 2.33. The van der Waals surface area contributed by atoms with Crippen LogP contribution in [0.25, 0.3) is 0 Å². The molecule has 18 heavy (non-hydrogen) atoms. The van der Waals surface area contributed by atoms with Gasteiger partial charge in [0.15, 0.2) is 0 Å². The molecule has 0 aromatic heterocycles. The van der Waals surface area contributed by atoms with E-state index in [0.29, 0.717) is 12.6 Å². The van der Waals surface area contributed by atoms with Gasteiger partial charge >= 0.3 is 6.03 Å². The second-order valence-electron chi connectivity index (χ2n) is 6.07. The minimum Gasteiger partial charge on any atom is -0.335 e. The molecule has 2 amide bonds. The number of piperazine rings is 1. The van der Waals surface area contributed by atoms with Crippen molar-refractivity contribution < 1.29 is 4.79 Å². The summed E-state index contributed by atoms with van der Waals surface area (Å²) in [5.41, 5.74) is 5.83. The second-order valence-corrected chi connectivity index (χ2v) is 6.07. The first-order chi connectivity index (χ1) is 8.53. The topological polar surface area (TPSA) is 61.6 Å². The highest BCUT2D eigenvalue weighted by Gasteiger charge is 2.31. The standard InChI is InChI=1S/C13H26N4O/c1-13(2,10-14)17-8-6-16(7-9-17)12(18)15-11-4-3-5-11/h11H,3-10,14H2,1-2H3,(H,15,18). The molecule has 0 spiro atoms. The van der Waals surface area contributed by atoms with Gasteiger partial charge in [0.25, 0.3) is 0 Å². The highest BCUT2D eigenvalue weighted by molar-refractivity contribution is 5.74. The Labute approximate surface area is 110 Å². The number of amides is 2. The molecular weight excluding hydrogens is 228 g/mol. The zero-order valence-electron chi connectivity index (χ0n) is 11.6. The van der Waals surface area contributed by atoms with E-state index in [-0.39, 0.29) is 11.6 Å². The summed E-state index contributed by atoms with van der Waals surface area (Å²) < 4.78 is 0. The van der Waals surface area contributed by atoms with Crippen LogP contribution in [0.4, 0.5) is 4.79 Å². The fourth-order valence-electron chi connectivity index (χ4n) is 2.46. The first-order valence-electron chi connectivity index (χ1n) is 7.03. The van der Waals surface area contributed by atoms with Gasteiger partial charge in [-0.05, 0) is 33.1 Å². The zero-order valence-corrected chi connectivity index (χ0v) is 11.6. The summed E-state index contributed by atoms with van der Waals surface area (Å²) in [5, 5.41) is 3.10. The summed E-state index contributed by atoms with van der Waals surface area (Å²) >= 11 is 0. The smallest absolute Gasteiger partial charge is 0.317 e. The molecule has 104 valence electrons. The average molecular weight is 254 g/mol. The Morgan fingerprint density at radius 1 is 1.28 bits per heavy atom. The highest BCUT2D eigenvalue weighted by Crippen LogP contribution is 2.19. The molecule has 0 bridgehead atoms. The van der Waals surface area contributed by atoms with Crippen LogP contribution in [0.1, 0.15) is 33.1 Å². The molecule has 2 rings (SSSR count). The van der Waals surface area contributed by atoms with Crippen molar-refractivity contribution in [2.24, 2.45) is 5.73 Å². The number of carbonyl (C=O) groups is 1. The molecule has 1 saturated heterocycles. The van der Waals surface area contributed by atoms with Gasteiger partial charge in [0.2, 0.25) is 0 Å². The number of nitrogens with two attached hydrogens (primary N) is 1. The summed E-state index contributed by atoms with van der Waals surface area (Å²) in [6, 6.07) is 0.543. The molecule has 1 aliphatic heterocycles. The molecule has 0 aromatic rings. The molecule has 0 atom stereocenters. The summed E-state index contributed by atoms with van der Waals surface area (Å²) in [5.74, 6) is 0. The fourth-order valence-corrected chi connectivity index (χ4v) is 2.46. The number of nitrogens with zero attached hydrogens (tertiary/aromatic N) is 2. The number of urea groups is 1. The lowest BCUT2D eigenvalue weighted by Crippen LogP contribution is -2.60. The van der Waals surface area contributed by atoms with Gasteiger partial charge in [-0.25, -0.2) is 4.79 Å². The maximum atomic E-state index is 12.0. The van der Waals surface area contributed by atoms with Gasteiger partial charge < -0.3 is 16.0 Å². The van der Waals surface area contributed by atoms with Gasteiger partial charge in [-0.3, -0.25) is 4.90 Å².